The summed E-state index contributed by atoms with van der Waals surface area (Å²) >= 11 is 0. The van der Waals surface area contributed by atoms with Gasteiger partial charge in [-0.15, -0.1) is 0 Å². The zero-order chi connectivity index (χ0) is 44.3. The van der Waals surface area contributed by atoms with E-state index in [2.05, 4.69) is 252 Å². The summed E-state index contributed by atoms with van der Waals surface area (Å²) in [6, 6.07) is 92.1. The van der Waals surface area contributed by atoms with Crippen LogP contribution in [0.25, 0.3) is 105 Å². The fraction of sp³-hybridized carbons (Fsp3) is 0. The summed E-state index contributed by atoms with van der Waals surface area (Å²) in [4.78, 5) is 2.44. The van der Waals surface area contributed by atoms with Crippen LogP contribution >= 0.6 is 0 Å². The molecule has 0 amide bonds. The van der Waals surface area contributed by atoms with Crippen LogP contribution in [0.4, 0.5) is 17.1 Å². The fourth-order valence-corrected chi connectivity index (χ4v) is 10.4. The average molecular weight is 855 g/mol. The number of hydrogen-bond donors (Lipinski definition) is 0. The van der Waals surface area contributed by atoms with Crippen molar-refractivity contribution in [3.05, 3.63) is 255 Å². The maximum atomic E-state index is 6.20. The van der Waals surface area contributed by atoms with Crippen LogP contribution in [0.2, 0.25) is 0 Å². The van der Waals surface area contributed by atoms with Crippen molar-refractivity contribution in [3.8, 4) is 50.2 Å². The maximum Gasteiger partial charge on any atom is 0.135 e. The molecule has 0 saturated carbocycles. The maximum absolute atomic E-state index is 6.20. The quantitative estimate of drug-likeness (QED) is 0.152. The standard InChI is InChI=1S/C64H42N2O/c1-3-17-44(18-4-1)51-28-14-19-45-20-15-30-56(63(45)51)53-25-7-10-32-59(53)65(49-38-35-43(36-39-49)46-37-40-62-58(42-46)55-27-9-12-34-61(55)67-62)50-24-13-21-47(41-50)52-29-16-31-57-54-26-8-11-33-60(54)66(64(52)57)48-22-5-2-6-23-48/h1-42H. The van der Waals surface area contributed by atoms with Gasteiger partial charge in [0, 0.05) is 49.7 Å². The second-order valence-electron chi connectivity index (χ2n) is 17.2. The van der Waals surface area contributed by atoms with Gasteiger partial charge in [0.25, 0.3) is 0 Å². The van der Waals surface area contributed by atoms with E-state index in [0.717, 1.165) is 66.9 Å². The molecule has 0 spiro atoms. The Hall–Kier alpha value is -8.92. The van der Waals surface area contributed by atoms with E-state index in [9.17, 15) is 0 Å². The first-order chi connectivity index (χ1) is 33.2. The number of rotatable bonds is 8. The highest BCUT2D eigenvalue weighted by molar-refractivity contribution is 6.14. The van der Waals surface area contributed by atoms with Gasteiger partial charge in [0.1, 0.15) is 11.2 Å². The summed E-state index contributed by atoms with van der Waals surface area (Å²) in [5, 5.41) is 7.15. The number of furan rings is 1. The van der Waals surface area contributed by atoms with Crippen molar-refractivity contribution in [2.24, 2.45) is 0 Å². The van der Waals surface area contributed by atoms with Gasteiger partial charge in [-0.25, -0.2) is 0 Å². The molecule has 0 bridgehead atoms. The average Bonchev–Trinajstić information content (AvgIpc) is 3.95. The molecule has 13 aromatic rings. The van der Waals surface area contributed by atoms with Crippen LogP contribution in [0.15, 0.2) is 259 Å². The van der Waals surface area contributed by atoms with E-state index in [1.54, 1.807) is 0 Å². The first kappa shape index (κ1) is 38.5. The molecular formula is C64H42N2O. The summed E-state index contributed by atoms with van der Waals surface area (Å²) in [6.07, 6.45) is 0. The first-order valence-corrected chi connectivity index (χ1v) is 22.9. The highest BCUT2D eigenvalue weighted by Gasteiger charge is 2.22. The summed E-state index contributed by atoms with van der Waals surface area (Å²) in [6.45, 7) is 0. The van der Waals surface area contributed by atoms with Crippen LogP contribution < -0.4 is 4.90 Å². The molecule has 2 heterocycles. The topological polar surface area (TPSA) is 21.3 Å². The normalized spacial score (nSPS) is 11.6. The second-order valence-corrected chi connectivity index (χ2v) is 17.2. The minimum absolute atomic E-state index is 0.896. The van der Waals surface area contributed by atoms with E-state index >= 15 is 0 Å². The Labute approximate surface area is 388 Å². The van der Waals surface area contributed by atoms with Crippen molar-refractivity contribution in [3.63, 3.8) is 0 Å². The Morgan fingerprint density at radius 1 is 0.328 bits per heavy atom. The molecule has 0 aliphatic rings. The fourth-order valence-electron chi connectivity index (χ4n) is 10.4. The van der Waals surface area contributed by atoms with Crippen LogP contribution in [0.1, 0.15) is 0 Å². The lowest BCUT2D eigenvalue weighted by atomic mass is 9.90. The predicted octanol–water partition coefficient (Wildman–Crippen LogP) is 18.0. The lowest BCUT2D eigenvalue weighted by molar-refractivity contribution is 0.669. The van der Waals surface area contributed by atoms with Crippen molar-refractivity contribution in [1.29, 1.82) is 0 Å². The summed E-state index contributed by atoms with van der Waals surface area (Å²) < 4.78 is 8.62. The van der Waals surface area contributed by atoms with Crippen LogP contribution in [0.5, 0.6) is 0 Å². The minimum Gasteiger partial charge on any atom is -0.456 e. The summed E-state index contributed by atoms with van der Waals surface area (Å²) in [5.41, 5.74) is 17.9. The van der Waals surface area contributed by atoms with Crippen LogP contribution in [0, 0.1) is 0 Å². The monoisotopic (exact) mass is 854 g/mol. The number of benzene rings is 11. The van der Waals surface area contributed by atoms with Crippen LogP contribution in [-0.4, -0.2) is 4.57 Å². The summed E-state index contributed by atoms with van der Waals surface area (Å²) in [5.74, 6) is 0. The Kier molecular flexibility index (Phi) is 9.17. The van der Waals surface area contributed by atoms with Crippen LogP contribution in [-0.2, 0) is 0 Å². The van der Waals surface area contributed by atoms with E-state index in [0.29, 0.717) is 0 Å². The van der Waals surface area contributed by atoms with E-state index in [1.165, 1.54) is 54.8 Å². The van der Waals surface area contributed by atoms with Crippen molar-refractivity contribution in [2.45, 2.75) is 0 Å². The predicted molar refractivity (Wildman–Crippen MR) is 282 cm³/mol. The molecule has 0 unspecified atom stereocenters. The highest BCUT2D eigenvalue weighted by atomic mass is 16.3. The second kappa shape index (κ2) is 16.0. The number of nitrogens with zero attached hydrogens (tertiary/aromatic N) is 2. The minimum atomic E-state index is 0.896. The van der Waals surface area contributed by atoms with Gasteiger partial charge in [0.2, 0.25) is 0 Å². The van der Waals surface area contributed by atoms with Gasteiger partial charge in [-0.3, -0.25) is 0 Å². The molecule has 0 fully saturated rings. The zero-order valence-electron chi connectivity index (χ0n) is 36.6. The van der Waals surface area contributed by atoms with Gasteiger partial charge in [-0.2, -0.15) is 0 Å². The Bertz CT molecular complexity index is 3970. The van der Waals surface area contributed by atoms with Crippen LogP contribution in [0.3, 0.4) is 0 Å². The number of aromatic nitrogens is 1. The van der Waals surface area contributed by atoms with E-state index in [4.69, 9.17) is 4.42 Å². The molecule has 3 heteroatoms. The van der Waals surface area contributed by atoms with Gasteiger partial charge >= 0.3 is 0 Å². The van der Waals surface area contributed by atoms with Crippen molar-refractivity contribution >= 4 is 71.6 Å². The molecule has 11 aromatic carbocycles. The third kappa shape index (κ3) is 6.51. The molecule has 0 aliphatic heterocycles. The van der Waals surface area contributed by atoms with E-state index in [-0.39, 0.29) is 0 Å². The van der Waals surface area contributed by atoms with Crippen molar-refractivity contribution < 1.29 is 4.42 Å². The molecule has 0 N–H and O–H groups in total. The summed E-state index contributed by atoms with van der Waals surface area (Å²) in [7, 11) is 0. The number of anilines is 3. The molecule has 3 nitrogen and oxygen atoms in total. The van der Waals surface area contributed by atoms with Crippen molar-refractivity contribution in [1.82, 2.24) is 4.57 Å². The molecule has 2 aromatic heterocycles. The largest absolute Gasteiger partial charge is 0.456 e. The van der Waals surface area contributed by atoms with Crippen molar-refractivity contribution in [2.75, 3.05) is 4.90 Å². The molecule has 0 saturated heterocycles. The third-order valence-electron chi connectivity index (χ3n) is 13.4. The number of hydrogen-bond acceptors (Lipinski definition) is 2. The first-order valence-electron chi connectivity index (χ1n) is 22.9. The molecule has 0 radical (unpaired) electrons. The Balaban J connectivity index is 1.02. The zero-order valence-corrected chi connectivity index (χ0v) is 36.6. The van der Waals surface area contributed by atoms with Gasteiger partial charge < -0.3 is 13.9 Å². The van der Waals surface area contributed by atoms with Gasteiger partial charge in [0.05, 0.1) is 16.7 Å². The van der Waals surface area contributed by atoms with E-state index in [1.807, 2.05) is 12.1 Å². The van der Waals surface area contributed by atoms with Gasteiger partial charge in [-0.1, -0.05) is 188 Å². The van der Waals surface area contributed by atoms with E-state index < -0.39 is 0 Å². The molecule has 13 rings (SSSR count). The molecular weight excluding hydrogens is 813 g/mol. The lowest BCUT2D eigenvalue weighted by Crippen LogP contribution is -2.11. The third-order valence-corrected chi connectivity index (χ3v) is 13.4. The van der Waals surface area contributed by atoms with Gasteiger partial charge in [-0.05, 0) is 111 Å². The molecule has 0 aliphatic carbocycles. The number of para-hydroxylation sites is 5. The molecule has 0 atom stereocenters. The lowest BCUT2D eigenvalue weighted by Gasteiger charge is -2.29. The smallest absolute Gasteiger partial charge is 0.135 e. The Morgan fingerprint density at radius 2 is 0.940 bits per heavy atom. The molecule has 314 valence electrons. The Morgan fingerprint density at radius 3 is 1.79 bits per heavy atom. The SMILES string of the molecule is c1ccc(-c2cccc3cccc(-c4ccccc4N(c4ccc(-c5ccc6oc7ccccc7c6c5)cc4)c4cccc(-c5cccc6c7ccccc7n(-c7ccccc7)c56)c4)c23)cc1. The molecule has 67 heavy (non-hydrogen) atoms. The number of fused-ring (bicyclic) bond motifs is 7. The van der Waals surface area contributed by atoms with Gasteiger partial charge in [0.15, 0.2) is 0 Å². The highest BCUT2D eigenvalue weighted by Crippen LogP contribution is 2.47.